The molecule has 0 radical (unpaired) electrons. The Bertz CT molecular complexity index is 733. The van der Waals surface area contributed by atoms with Crippen LogP contribution in [-0.2, 0) is 10.0 Å². The standard InChI is InChI=1S/C12H12Cl2N2O3S2/c13-8-1-2-10(11(14)12(8)15)21(18,19)16-5-9(17)7-3-4-20-6-7/h1-4,6,9,16-17H,5,15H2. The average Bonchev–Trinajstić information content (AvgIpc) is 2.96. The minimum Gasteiger partial charge on any atom is -0.396 e. The van der Waals surface area contributed by atoms with E-state index in [0.29, 0.717) is 5.56 Å². The molecule has 2 rings (SSSR count). The van der Waals surface area contributed by atoms with Crippen LogP contribution < -0.4 is 10.5 Å². The number of aliphatic hydroxyl groups is 1. The van der Waals surface area contributed by atoms with Crippen molar-refractivity contribution in [3.63, 3.8) is 0 Å². The number of nitrogen functional groups attached to an aromatic ring is 1. The molecule has 114 valence electrons. The van der Waals surface area contributed by atoms with E-state index in [4.69, 9.17) is 28.9 Å². The van der Waals surface area contributed by atoms with Crippen LogP contribution in [0.5, 0.6) is 0 Å². The highest BCUT2D eigenvalue weighted by molar-refractivity contribution is 7.89. The SMILES string of the molecule is Nc1c(Cl)ccc(S(=O)(=O)NCC(O)c2ccsc2)c1Cl. The number of anilines is 1. The van der Waals surface area contributed by atoms with Crippen LogP contribution >= 0.6 is 34.5 Å². The van der Waals surface area contributed by atoms with E-state index in [0.717, 1.165) is 0 Å². The van der Waals surface area contributed by atoms with Gasteiger partial charge in [0.25, 0.3) is 0 Å². The van der Waals surface area contributed by atoms with Crippen LogP contribution in [0.3, 0.4) is 0 Å². The summed E-state index contributed by atoms with van der Waals surface area (Å²) >= 11 is 13.1. The lowest BCUT2D eigenvalue weighted by atomic mass is 10.2. The maximum Gasteiger partial charge on any atom is 0.242 e. The van der Waals surface area contributed by atoms with Gasteiger partial charge in [0.05, 0.1) is 21.8 Å². The number of sulfonamides is 1. The normalized spacial score (nSPS) is 13.3. The largest absolute Gasteiger partial charge is 0.396 e. The zero-order chi connectivity index (χ0) is 15.6. The molecule has 1 heterocycles. The fourth-order valence-electron chi connectivity index (χ4n) is 1.61. The number of benzene rings is 1. The summed E-state index contributed by atoms with van der Waals surface area (Å²) in [7, 11) is -3.89. The van der Waals surface area contributed by atoms with Gasteiger partial charge >= 0.3 is 0 Å². The Morgan fingerprint density at radius 3 is 2.67 bits per heavy atom. The first-order valence-corrected chi connectivity index (χ1v) is 8.94. The molecule has 1 aromatic heterocycles. The van der Waals surface area contributed by atoms with Gasteiger partial charge in [0.1, 0.15) is 4.90 Å². The number of rotatable bonds is 5. The van der Waals surface area contributed by atoms with E-state index >= 15 is 0 Å². The molecule has 0 aliphatic heterocycles. The summed E-state index contributed by atoms with van der Waals surface area (Å²) in [5.74, 6) is 0. The second-order valence-corrected chi connectivity index (χ2v) is 7.50. The molecule has 21 heavy (non-hydrogen) atoms. The van der Waals surface area contributed by atoms with Gasteiger partial charge in [-0.2, -0.15) is 11.3 Å². The molecule has 1 unspecified atom stereocenters. The molecule has 0 spiro atoms. The molecule has 2 aromatic rings. The number of nitrogens with one attached hydrogen (secondary N) is 1. The van der Waals surface area contributed by atoms with E-state index in [-0.39, 0.29) is 27.2 Å². The predicted octanol–water partition coefficient (Wildman–Crippen LogP) is 2.65. The first-order valence-electron chi connectivity index (χ1n) is 5.76. The van der Waals surface area contributed by atoms with E-state index in [1.807, 2.05) is 0 Å². The number of halogens is 2. The molecule has 0 fully saturated rings. The second-order valence-electron chi connectivity index (χ2n) is 4.20. The van der Waals surface area contributed by atoms with Crippen molar-refractivity contribution in [1.29, 1.82) is 0 Å². The van der Waals surface area contributed by atoms with Crippen molar-refractivity contribution in [1.82, 2.24) is 4.72 Å². The lowest BCUT2D eigenvalue weighted by Crippen LogP contribution is -2.28. The lowest BCUT2D eigenvalue weighted by Gasteiger charge is -2.13. The van der Waals surface area contributed by atoms with E-state index in [1.165, 1.54) is 23.5 Å². The van der Waals surface area contributed by atoms with Gasteiger partial charge in [-0.05, 0) is 34.5 Å². The van der Waals surface area contributed by atoms with Gasteiger partial charge < -0.3 is 10.8 Å². The van der Waals surface area contributed by atoms with E-state index < -0.39 is 16.1 Å². The first-order chi connectivity index (χ1) is 9.83. The van der Waals surface area contributed by atoms with E-state index in [1.54, 1.807) is 16.8 Å². The summed E-state index contributed by atoms with van der Waals surface area (Å²) in [5, 5.41) is 13.5. The summed E-state index contributed by atoms with van der Waals surface area (Å²) in [5.41, 5.74) is 6.25. The summed E-state index contributed by atoms with van der Waals surface area (Å²) in [4.78, 5) is -0.177. The summed E-state index contributed by atoms with van der Waals surface area (Å²) in [6.07, 6.45) is -0.936. The topological polar surface area (TPSA) is 92.4 Å². The lowest BCUT2D eigenvalue weighted by molar-refractivity contribution is 0.182. The summed E-state index contributed by atoms with van der Waals surface area (Å²) < 4.78 is 26.7. The van der Waals surface area contributed by atoms with E-state index in [9.17, 15) is 13.5 Å². The summed E-state index contributed by atoms with van der Waals surface area (Å²) in [6, 6.07) is 4.34. The highest BCUT2D eigenvalue weighted by Gasteiger charge is 2.22. The molecule has 0 amide bonds. The molecule has 5 nitrogen and oxygen atoms in total. The van der Waals surface area contributed by atoms with Crippen LogP contribution in [0, 0.1) is 0 Å². The van der Waals surface area contributed by atoms with Crippen LogP contribution in [0.25, 0.3) is 0 Å². The van der Waals surface area contributed by atoms with Crippen molar-refractivity contribution in [2.24, 2.45) is 0 Å². The second kappa shape index (κ2) is 6.51. The van der Waals surface area contributed by atoms with Gasteiger partial charge in [-0.15, -0.1) is 0 Å². The zero-order valence-electron chi connectivity index (χ0n) is 10.6. The van der Waals surface area contributed by atoms with Gasteiger partial charge in [0.15, 0.2) is 0 Å². The third kappa shape index (κ3) is 3.68. The molecule has 4 N–H and O–H groups in total. The minimum absolute atomic E-state index is 0.000378. The third-order valence-corrected chi connectivity index (χ3v) is 5.79. The molecule has 0 aliphatic rings. The number of nitrogens with two attached hydrogens (primary N) is 1. The van der Waals surface area contributed by atoms with Gasteiger partial charge in [-0.3, -0.25) is 0 Å². The molecular formula is C12H12Cl2N2O3S2. The van der Waals surface area contributed by atoms with Crippen molar-refractivity contribution >= 4 is 50.2 Å². The Morgan fingerprint density at radius 2 is 2.05 bits per heavy atom. The van der Waals surface area contributed by atoms with Crippen molar-refractivity contribution in [2.75, 3.05) is 12.3 Å². The van der Waals surface area contributed by atoms with Gasteiger partial charge in [0, 0.05) is 6.54 Å². The Balaban J connectivity index is 2.18. The Morgan fingerprint density at radius 1 is 1.33 bits per heavy atom. The third-order valence-electron chi connectivity index (χ3n) is 2.78. The van der Waals surface area contributed by atoms with Gasteiger partial charge in [0.2, 0.25) is 10.0 Å². The van der Waals surface area contributed by atoms with Crippen molar-refractivity contribution in [2.45, 2.75) is 11.0 Å². The Kier molecular flexibility index (Phi) is 5.13. The van der Waals surface area contributed by atoms with Crippen molar-refractivity contribution in [3.8, 4) is 0 Å². The molecular weight excluding hydrogens is 355 g/mol. The monoisotopic (exact) mass is 366 g/mol. The predicted molar refractivity (Wildman–Crippen MR) is 85.3 cm³/mol. The first kappa shape index (κ1) is 16.5. The van der Waals surface area contributed by atoms with E-state index in [2.05, 4.69) is 4.72 Å². The van der Waals surface area contributed by atoms with Crippen LogP contribution in [0.2, 0.25) is 10.0 Å². The van der Waals surface area contributed by atoms with Crippen molar-refractivity contribution in [3.05, 3.63) is 44.6 Å². The fourth-order valence-corrected chi connectivity index (χ4v) is 4.11. The number of aliphatic hydroxyl groups excluding tert-OH is 1. The number of hydrogen-bond donors (Lipinski definition) is 3. The zero-order valence-corrected chi connectivity index (χ0v) is 13.7. The number of hydrogen-bond acceptors (Lipinski definition) is 5. The summed E-state index contributed by atoms with van der Waals surface area (Å²) in [6.45, 7) is -0.169. The minimum atomic E-state index is -3.89. The quantitative estimate of drug-likeness (QED) is 0.709. The molecule has 0 saturated carbocycles. The average molecular weight is 367 g/mol. The van der Waals surface area contributed by atoms with Crippen LogP contribution in [0.1, 0.15) is 11.7 Å². The van der Waals surface area contributed by atoms with Crippen molar-refractivity contribution < 1.29 is 13.5 Å². The molecule has 9 heteroatoms. The van der Waals surface area contributed by atoms with Gasteiger partial charge in [-0.1, -0.05) is 23.2 Å². The highest BCUT2D eigenvalue weighted by atomic mass is 35.5. The van der Waals surface area contributed by atoms with Gasteiger partial charge in [-0.25, -0.2) is 13.1 Å². The molecule has 0 bridgehead atoms. The Labute approximate surface area is 136 Å². The fraction of sp³-hybridized carbons (Fsp3) is 0.167. The van der Waals surface area contributed by atoms with Crippen LogP contribution in [-0.4, -0.2) is 20.1 Å². The maximum atomic E-state index is 12.2. The Hall–Kier alpha value is -0.830. The van der Waals surface area contributed by atoms with Crippen LogP contribution in [0.4, 0.5) is 5.69 Å². The molecule has 1 atom stereocenters. The van der Waals surface area contributed by atoms with Crippen LogP contribution in [0.15, 0.2) is 33.9 Å². The molecule has 0 aliphatic carbocycles. The highest BCUT2D eigenvalue weighted by Crippen LogP contribution is 2.33. The molecule has 0 saturated heterocycles. The smallest absolute Gasteiger partial charge is 0.242 e. The maximum absolute atomic E-state index is 12.2. The number of thiophene rings is 1. The molecule has 1 aromatic carbocycles.